The maximum atomic E-state index is 12.3. The second-order valence-corrected chi connectivity index (χ2v) is 5.19. The van der Waals surface area contributed by atoms with E-state index >= 15 is 0 Å². The highest BCUT2D eigenvalue weighted by Gasteiger charge is 2.35. The molecule has 1 aliphatic heterocycles. The third kappa shape index (κ3) is 2.18. The number of carboxylic acids is 1. The van der Waals surface area contributed by atoms with E-state index in [1.807, 2.05) is 0 Å². The first-order valence-corrected chi connectivity index (χ1v) is 6.81. The molecule has 0 aliphatic carbocycles. The van der Waals surface area contributed by atoms with E-state index in [1.165, 1.54) is 0 Å². The van der Waals surface area contributed by atoms with Gasteiger partial charge in [0.15, 0.2) is 0 Å². The molecule has 112 valence electrons. The Labute approximate surface area is 126 Å². The molecule has 22 heavy (non-hydrogen) atoms. The van der Waals surface area contributed by atoms with Crippen LogP contribution in [0.2, 0.25) is 0 Å². The summed E-state index contributed by atoms with van der Waals surface area (Å²) in [5.74, 6) is -1.66. The third-order valence-electron chi connectivity index (χ3n) is 3.78. The summed E-state index contributed by atoms with van der Waals surface area (Å²) in [7, 11) is 0. The van der Waals surface area contributed by atoms with Gasteiger partial charge < -0.3 is 9.67 Å². The fourth-order valence-corrected chi connectivity index (χ4v) is 2.67. The predicted octanol–water partition coefficient (Wildman–Crippen LogP) is 1.68. The molecule has 1 N–H and O–H groups in total. The van der Waals surface area contributed by atoms with Crippen molar-refractivity contribution in [1.82, 2.24) is 9.47 Å². The maximum absolute atomic E-state index is 12.3. The molecule has 6 nitrogen and oxygen atoms in total. The van der Waals surface area contributed by atoms with Crippen molar-refractivity contribution in [2.24, 2.45) is 0 Å². The smallest absolute Gasteiger partial charge is 0.323 e. The lowest BCUT2D eigenvalue weighted by atomic mass is 10.1. The van der Waals surface area contributed by atoms with Crippen LogP contribution in [0.25, 0.3) is 0 Å². The van der Waals surface area contributed by atoms with Gasteiger partial charge in [0, 0.05) is 11.4 Å². The van der Waals surface area contributed by atoms with Crippen LogP contribution in [0.15, 0.2) is 36.4 Å². The number of carboxylic acid groups (broad SMARTS) is 1. The van der Waals surface area contributed by atoms with Gasteiger partial charge >= 0.3 is 5.97 Å². The van der Waals surface area contributed by atoms with E-state index in [1.54, 1.807) is 47.9 Å². The predicted molar refractivity (Wildman–Crippen MR) is 77.5 cm³/mol. The Bertz CT molecular complexity index is 756. The van der Waals surface area contributed by atoms with Crippen LogP contribution in [-0.4, -0.2) is 32.4 Å². The fourth-order valence-electron chi connectivity index (χ4n) is 2.67. The molecule has 0 saturated carbocycles. The molecule has 1 aromatic carbocycles. The van der Waals surface area contributed by atoms with E-state index in [4.69, 9.17) is 5.11 Å². The van der Waals surface area contributed by atoms with Crippen molar-refractivity contribution in [3.05, 3.63) is 58.9 Å². The molecule has 0 unspecified atom stereocenters. The first-order chi connectivity index (χ1) is 10.5. The van der Waals surface area contributed by atoms with Gasteiger partial charge in [0.05, 0.1) is 17.7 Å². The number of benzene rings is 1. The van der Waals surface area contributed by atoms with Crippen LogP contribution in [0, 0.1) is 6.92 Å². The number of rotatable bonds is 4. The molecule has 2 amide bonds. The SMILES string of the molecule is Cc1ccc(CN2C(=O)c3ccccc3C2=O)n1CC(=O)O. The number of carbonyl (C=O) groups is 3. The summed E-state index contributed by atoms with van der Waals surface area (Å²) in [6.45, 7) is 1.65. The first kappa shape index (κ1) is 14.1. The molecule has 0 fully saturated rings. The first-order valence-electron chi connectivity index (χ1n) is 6.81. The zero-order valence-corrected chi connectivity index (χ0v) is 11.9. The Balaban J connectivity index is 1.91. The molecule has 0 bridgehead atoms. The lowest BCUT2D eigenvalue weighted by Crippen LogP contribution is -2.30. The molecular weight excluding hydrogens is 284 g/mol. The van der Waals surface area contributed by atoms with Crippen LogP contribution in [0.1, 0.15) is 32.1 Å². The Hall–Kier alpha value is -2.89. The van der Waals surface area contributed by atoms with Crippen LogP contribution in [0.3, 0.4) is 0 Å². The van der Waals surface area contributed by atoms with Crippen LogP contribution >= 0.6 is 0 Å². The monoisotopic (exact) mass is 298 g/mol. The number of fused-ring (bicyclic) bond motifs is 1. The largest absolute Gasteiger partial charge is 0.480 e. The van der Waals surface area contributed by atoms with Gasteiger partial charge in [0.2, 0.25) is 0 Å². The van der Waals surface area contributed by atoms with E-state index in [-0.39, 0.29) is 24.9 Å². The van der Waals surface area contributed by atoms with E-state index in [0.29, 0.717) is 16.8 Å². The van der Waals surface area contributed by atoms with Crippen molar-refractivity contribution in [2.45, 2.75) is 20.0 Å². The van der Waals surface area contributed by atoms with Crippen LogP contribution in [0.5, 0.6) is 0 Å². The number of imide groups is 1. The van der Waals surface area contributed by atoms with E-state index in [0.717, 1.165) is 10.6 Å². The molecule has 1 aromatic heterocycles. The maximum Gasteiger partial charge on any atom is 0.323 e. The topological polar surface area (TPSA) is 79.6 Å². The number of carbonyl (C=O) groups excluding carboxylic acids is 2. The van der Waals surface area contributed by atoms with E-state index < -0.39 is 5.97 Å². The summed E-state index contributed by atoms with van der Waals surface area (Å²) in [5, 5.41) is 8.97. The number of aromatic nitrogens is 1. The van der Waals surface area contributed by atoms with Gasteiger partial charge in [0.25, 0.3) is 11.8 Å². The summed E-state index contributed by atoms with van der Waals surface area (Å²) >= 11 is 0. The molecule has 6 heteroatoms. The number of aliphatic carboxylic acids is 1. The van der Waals surface area contributed by atoms with Gasteiger partial charge in [-0.15, -0.1) is 0 Å². The molecule has 3 rings (SSSR count). The molecule has 2 heterocycles. The van der Waals surface area contributed by atoms with Crippen molar-refractivity contribution < 1.29 is 19.5 Å². The standard InChI is InChI=1S/C16H14N2O4/c1-10-6-7-11(17(10)9-14(19)20)8-18-15(21)12-4-2-3-5-13(12)16(18)22/h2-7H,8-9H2,1H3,(H,19,20). The molecule has 0 radical (unpaired) electrons. The molecule has 2 aromatic rings. The fraction of sp³-hybridized carbons (Fsp3) is 0.188. The average molecular weight is 298 g/mol. The number of aryl methyl sites for hydroxylation is 1. The molecule has 0 saturated heterocycles. The van der Waals surface area contributed by atoms with Crippen LogP contribution in [-0.2, 0) is 17.9 Å². The minimum atomic E-state index is -0.970. The molecular formula is C16H14N2O4. The Morgan fingerprint density at radius 3 is 2.18 bits per heavy atom. The number of hydrogen-bond donors (Lipinski definition) is 1. The molecule has 0 spiro atoms. The molecule has 1 aliphatic rings. The average Bonchev–Trinajstić information content (AvgIpc) is 2.94. The lowest BCUT2D eigenvalue weighted by Gasteiger charge is -2.16. The Kier molecular flexibility index (Phi) is 3.29. The Morgan fingerprint density at radius 1 is 1.05 bits per heavy atom. The van der Waals surface area contributed by atoms with Crippen molar-refractivity contribution >= 4 is 17.8 Å². The molecule has 0 atom stereocenters. The van der Waals surface area contributed by atoms with Crippen molar-refractivity contribution in [1.29, 1.82) is 0 Å². The van der Waals surface area contributed by atoms with Gasteiger partial charge in [-0.2, -0.15) is 0 Å². The second kappa shape index (κ2) is 5.14. The zero-order chi connectivity index (χ0) is 15.9. The highest BCUT2D eigenvalue weighted by atomic mass is 16.4. The zero-order valence-electron chi connectivity index (χ0n) is 11.9. The van der Waals surface area contributed by atoms with E-state index in [2.05, 4.69) is 0 Å². The summed E-state index contributed by atoms with van der Waals surface area (Å²) in [5.41, 5.74) is 2.17. The highest BCUT2D eigenvalue weighted by Crippen LogP contribution is 2.24. The van der Waals surface area contributed by atoms with Crippen molar-refractivity contribution in [3.8, 4) is 0 Å². The summed E-state index contributed by atoms with van der Waals surface area (Å²) in [4.78, 5) is 36.8. The van der Waals surface area contributed by atoms with Crippen molar-refractivity contribution in [2.75, 3.05) is 0 Å². The van der Waals surface area contributed by atoms with Crippen LogP contribution in [0.4, 0.5) is 0 Å². The van der Waals surface area contributed by atoms with Gasteiger partial charge in [-0.25, -0.2) is 0 Å². The number of hydrogen-bond acceptors (Lipinski definition) is 3. The van der Waals surface area contributed by atoms with Gasteiger partial charge in [-0.1, -0.05) is 12.1 Å². The lowest BCUT2D eigenvalue weighted by molar-refractivity contribution is -0.137. The third-order valence-corrected chi connectivity index (χ3v) is 3.78. The van der Waals surface area contributed by atoms with Crippen LogP contribution < -0.4 is 0 Å². The highest BCUT2D eigenvalue weighted by molar-refractivity contribution is 6.21. The van der Waals surface area contributed by atoms with Gasteiger partial charge in [-0.05, 0) is 31.2 Å². The normalized spacial score (nSPS) is 13.6. The summed E-state index contributed by atoms with van der Waals surface area (Å²) < 4.78 is 1.59. The Morgan fingerprint density at radius 2 is 1.64 bits per heavy atom. The van der Waals surface area contributed by atoms with Gasteiger partial charge in [0.1, 0.15) is 6.54 Å². The van der Waals surface area contributed by atoms with Crippen molar-refractivity contribution in [3.63, 3.8) is 0 Å². The quantitative estimate of drug-likeness (QED) is 0.871. The number of amides is 2. The minimum Gasteiger partial charge on any atom is -0.480 e. The van der Waals surface area contributed by atoms with E-state index in [9.17, 15) is 14.4 Å². The second-order valence-electron chi connectivity index (χ2n) is 5.19. The summed E-state index contributed by atoms with van der Waals surface area (Å²) in [6, 6.07) is 10.2. The number of nitrogens with zero attached hydrogens (tertiary/aromatic N) is 2. The minimum absolute atomic E-state index is 0.0630. The van der Waals surface area contributed by atoms with Gasteiger partial charge in [-0.3, -0.25) is 19.3 Å². The summed E-state index contributed by atoms with van der Waals surface area (Å²) in [6.07, 6.45) is 0.